The second-order valence-corrected chi connectivity index (χ2v) is 8.56. The molecule has 0 saturated heterocycles. The maximum Gasteiger partial charge on any atom is 0.335 e. The molecule has 0 fully saturated rings. The van der Waals surface area contributed by atoms with Crippen LogP contribution in [0.3, 0.4) is 0 Å². The number of fused-ring (bicyclic) bond motifs is 1. The average molecular weight is 381 g/mol. The van der Waals surface area contributed by atoms with E-state index in [2.05, 4.69) is 38.9 Å². The molecule has 0 saturated carbocycles. The first-order valence-corrected chi connectivity index (χ1v) is 9.13. The molecule has 0 amide bonds. The highest BCUT2D eigenvalue weighted by atomic mass is 19.1. The maximum atomic E-state index is 14.1. The molecule has 0 aromatic heterocycles. The van der Waals surface area contributed by atoms with Crippen molar-refractivity contribution in [3.05, 3.63) is 76.1 Å². The number of benzene rings is 2. The van der Waals surface area contributed by atoms with Gasteiger partial charge < -0.3 is 10.3 Å². The van der Waals surface area contributed by atoms with E-state index in [1.54, 1.807) is 0 Å². The number of carboxylic acid groups (broad SMARTS) is 1. The summed E-state index contributed by atoms with van der Waals surface area (Å²) in [5, 5.41) is 21.8. The number of rotatable bonds is 4. The molecule has 2 aromatic rings. The fourth-order valence-electron chi connectivity index (χ4n) is 4.30. The van der Waals surface area contributed by atoms with E-state index in [9.17, 15) is 14.4 Å². The average Bonchev–Trinajstić information content (AvgIpc) is 2.80. The lowest BCUT2D eigenvalue weighted by atomic mass is 9.82. The molecule has 0 heterocycles. The Morgan fingerprint density at radius 3 is 2.29 bits per heavy atom. The lowest BCUT2D eigenvalue weighted by molar-refractivity contribution is 0.0696. The number of nitrogens with zero attached hydrogens (tertiary/aromatic N) is 1. The van der Waals surface area contributed by atoms with Crippen LogP contribution in [0.4, 0.5) is 4.39 Å². The third-order valence-corrected chi connectivity index (χ3v) is 5.43. The Labute approximate surface area is 164 Å². The van der Waals surface area contributed by atoms with Crippen molar-refractivity contribution >= 4 is 17.8 Å². The molecule has 0 aliphatic heterocycles. The van der Waals surface area contributed by atoms with Crippen molar-refractivity contribution in [2.75, 3.05) is 0 Å². The van der Waals surface area contributed by atoms with Gasteiger partial charge in [-0.25, -0.2) is 9.18 Å². The van der Waals surface area contributed by atoms with E-state index in [1.807, 2.05) is 12.1 Å². The fourth-order valence-corrected chi connectivity index (χ4v) is 4.30. The van der Waals surface area contributed by atoms with Crippen LogP contribution in [0, 0.1) is 5.82 Å². The van der Waals surface area contributed by atoms with Gasteiger partial charge >= 0.3 is 5.97 Å². The Morgan fingerprint density at radius 2 is 1.68 bits per heavy atom. The van der Waals surface area contributed by atoms with Crippen molar-refractivity contribution in [3.63, 3.8) is 0 Å². The lowest BCUT2D eigenvalue weighted by Gasteiger charge is -2.22. The van der Waals surface area contributed by atoms with Crippen molar-refractivity contribution < 1.29 is 19.5 Å². The first-order chi connectivity index (χ1) is 13.0. The molecule has 2 aromatic carbocycles. The summed E-state index contributed by atoms with van der Waals surface area (Å²) >= 11 is 0. The zero-order chi connectivity index (χ0) is 20.7. The van der Waals surface area contributed by atoms with Crippen molar-refractivity contribution in [2.24, 2.45) is 5.16 Å². The highest BCUT2D eigenvalue weighted by Crippen LogP contribution is 2.49. The standard InChI is InChI=1S/C23H24FNO3/c1-22(2)13-23(3,4)18-11-15(7-9-17(18)22)20(25-28)10-8-14-5-6-16(21(26)27)12-19(14)24/h5-12,28H,13H2,1-4H3,(H,26,27)/b10-8-,25-20?. The van der Waals surface area contributed by atoms with Crippen LogP contribution >= 0.6 is 0 Å². The van der Waals surface area contributed by atoms with Crippen LogP contribution in [0.1, 0.15) is 66.7 Å². The SMILES string of the molecule is CC1(C)CC(C)(C)c2cc(C(/C=C\c3ccc(C(=O)O)cc3F)=NO)ccc21. The summed E-state index contributed by atoms with van der Waals surface area (Å²) in [5.41, 5.74) is 3.76. The van der Waals surface area contributed by atoms with Gasteiger partial charge in [0.15, 0.2) is 0 Å². The number of hydrogen-bond acceptors (Lipinski definition) is 3. The number of allylic oxidation sites excluding steroid dienone is 1. The number of hydrogen-bond donors (Lipinski definition) is 2. The molecule has 0 bridgehead atoms. The molecule has 0 spiro atoms. The second kappa shape index (κ2) is 6.89. The molecule has 4 nitrogen and oxygen atoms in total. The summed E-state index contributed by atoms with van der Waals surface area (Å²) in [6.45, 7) is 8.86. The van der Waals surface area contributed by atoms with Gasteiger partial charge in [0.25, 0.3) is 0 Å². The van der Waals surface area contributed by atoms with Crippen LogP contribution in [0.15, 0.2) is 47.6 Å². The van der Waals surface area contributed by atoms with Crippen molar-refractivity contribution in [3.8, 4) is 0 Å². The molecule has 2 N–H and O–H groups in total. The van der Waals surface area contributed by atoms with Gasteiger partial charge in [-0.15, -0.1) is 0 Å². The number of aromatic carboxylic acids is 1. The van der Waals surface area contributed by atoms with E-state index >= 15 is 0 Å². The molecule has 1 aliphatic carbocycles. The summed E-state index contributed by atoms with van der Waals surface area (Å²) in [6, 6.07) is 9.70. The topological polar surface area (TPSA) is 69.9 Å². The number of halogens is 1. The molecule has 28 heavy (non-hydrogen) atoms. The predicted octanol–water partition coefficient (Wildman–Crippen LogP) is 5.37. The minimum atomic E-state index is -1.18. The van der Waals surface area contributed by atoms with E-state index in [4.69, 9.17) is 5.11 Å². The quantitative estimate of drug-likeness (QED) is 0.425. The summed E-state index contributed by atoms with van der Waals surface area (Å²) in [7, 11) is 0. The first-order valence-electron chi connectivity index (χ1n) is 9.13. The monoisotopic (exact) mass is 381 g/mol. The number of oxime groups is 1. The van der Waals surface area contributed by atoms with Gasteiger partial charge in [0.1, 0.15) is 11.5 Å². The molecule has 0 radical (unpaired) electrons. The first kappa shape index (κ1) is 19.8. The molecule has 1 aliphatic rings. The second-order valence-electron chi connectivity index (χ2n) is 8.56. The van der Waals surface area contributed by atoms with Crippen LogP contribution in [0.25, 0.3) is 6.08 Å². The van der Waals surface area contributed by atoms with Gasteiger partial charge in [-0.2, -0.15) is 0 Å². The fraction of sp³-hybridized carbons (Fsp3) is 0.304. The van der Waals surface area contributed by atoms with Crippen LogP contribution < -0.4 is 0 Å². The van der Waals surface area contributed by atoms with Crippen LogP contribution in [-0.2, 0) is 10.8 Å². The van der Waals surface area contributed by atoms with Gasteiger partial charge in [-0.3, -0.25) is 0 Å². The van der Waals surface area contributed by atoms with Crippen LogP contribution in [0.2, 0.25) is 0 Å². The van der Waals surface area contributed by atoms with E-state index in [1.165, 1.54) is 35.4 Å². The summed E-state index contributed by atoms with van der Waals surface area (Å²) in [4.78, 5) is 10.9. The van der Waals surface area contributed by atoms with Crippen molar-refractivity contribution in [2.45, 2.75) is 44.9 Å². The number of carboxylic acids is 1. The molecular formula is C23H24FNO3. The van der Waals surface area contributed by atoms with E-state index in [0.29, 0.717) is 5.71 Å². The Bertz CT molecular complexity index is 1000. The zero-order valence-electron chi connectivity index (χ0n) is 16.5. The third kappa shape index (κ3) is 3.57. The smallest absolute Gasteiger partial charge is 0.335 e. The summed E-state index contributed by atoms with van der Waals surface area (Å²) in [5.74, 6) is -1.83. The van der Waals surface area contributed by atoms with Crippen molar-refractivity contribution in [1.82, 2.24) is 0 Å². The molecule has 5 heteroatoms. The van der Waals surface area contributed by atoms with Gasteiger partial charge in [0.2, 0.25) is 0 Å². The van der Waals surface area contributed by atoms with Crippen LogP contribution in [-0.4, -0.2) is 22.0 Å². The van der Waals surface area contributed by atoms with Gasteiger partial charge in [0, 0.05) is 11.1 Å². The van der Waals surface area contributed by atoms with Crippen molar-refractivity contribution in [1.29, 1.82) is 0 Å². The van der Waals surface area contributed by atoms with E-state index in [0.717, 1.165) is 18.1 Å². The minimum absolute atomic E-state index is 0.0118. The summed E-state index contributed by atoms with van der Waals surface area (Å²) < 4.78 is 14.1. The van der Waals surface area contributed by atoms with Gasteiger partial charge in [0.05, 0.1) is 5.56 Å². The normalized spacial score (nSPS) is 17.7. The highest BCUT2D eigenvalue weighted by molar-refractivity contribution is 6.10. The maximum absolute atomic E-state index is 14.1. The Morgan fingerprint density at radius 1 is 1.04 bits per heavy atom. The predicted molar refractivity (Wildman–Crippen MR) is 108 cm³/mol. The van der Waals surface area contributed by atoms with Gasteiger partial charge in [-0.05, 0) is 58.7 Å². The molecule has 0 unspecified atom stereocenters. The minimum Gasteiger partial charge on any atom is -0.478 e. The lowest BCUT2D eigenvalue weighted by Crippen LogP contribution is -2.18. The molecule has 0 atom stereocenters. The van der Waals surface area contributed by atoms with E-state index < -0.39 is 11.8 Å². The third-order valence-electron chi connectivity index (χ3n) is 5.43. The molecule has 146 valence electrons. The van der Waals surface area contributed by atoms with Crippen LogP contribution in [0.5, 0.6) is 0 Å². The van der Waals surface area contributed by atoms with Gasteiger partial charge in [-0.1, -0.05) is 51.0 Å². The Balaban J connectivity index is 1.94. The highest BCUT2D eigenvalue weighted by Gasteiger charge is 2.41. The molecular weight excluding hydrogens is 357 g/mol. The van der Waals surface area contributed by atoms with E-state index in [-0.39, 0.29) is 22.0 Å². The number of carbonyl (C=O) groups is 1. The Hall–Kier alpha value is -2.95. The Kier molecular flexibility index (Phi) is 4.88. The largest absolute Gasteiger partial charge is 0.478 e. The molecule has 3 rings (SSSR count). The summed E-state index contributed by atoms with van der Waals surface area (Å²) in [6.07, 6.45) is 4.02. The zero-order valence-corrected chi connectivity index (χ0v) is 16.5.